The van der Waals surface area contributed by atoms with Gasteiger partial charge in [-0.1, -0.05) is 89.3 Å². The fourth-order valence-corrected chi connectivity index (χ4v) is 3.34. The number of carbonyl (C=O) groups is 2. The van der Waals surface area contributed by atoms with Gasteiger partial charge in [-0.3, -0.25) is 4.79 Å². The number of benzene rings is 1. The van der Waals surface area contributed by atoms with Gasteiger partial charge in [-0.2, -0.15) is 0 Å². The summed E-state index contributed by atoms with van der Waals surface area (Å²) in [5.74, 6) is -1.38. The summed E-state index contributed by atoms with van der Waals surface area (Å²) in [4.78, 5) is 25.2. The Morgan fingerprint density at radius 1 is 0.857 bits per heavy atom. The zero-order valence-corrected chi connectivity index (χ0v) is 20.1. The summed E-state index contributed by atoms with van der Waals surface area (Å²) >= 11 is 0. The number of rotatable bonds is 15. The molecular weight excluding hydrogens is 361 g/mol. The van der Waals surface area contributed by atoms with Crippen LogP contribution >= 0.6 is 0 Å². The summed E-state index contributed by atoms with van der Waals surface area (Å²) in [6.07, 6.45) is 13.9. The second kappa shape index (κ2) is 17.1. The SMILES string of the molecule is CCCCCCCCCCCCCC(=O)N(c1ccccc1)[C@H](C)C(=O)[O-].[Na+]. The topological polar surface area (TPSA) is 60.4 Å². The Hall–Kier alpha value is -0.840. The third-order valence-corrected chi connectivity index (χ3v) is 5.03. The van der Waals surface area contributed by atoms with Crippen molar-refractivity contribution in [3.63, 3.8) is 0 Å². The number of amides is 1. The molecule has 0 spiro atoms. The van der Waals surface area contributed by atoms with Gasteiger partial charge in [0.15, 0.2) is 0 Å². The van der Waals surface area contributed by atoms with Crippen molar-refractivity contribution in [2.75, 3.05) is 4.90 Å². The molecule has 0 saturated heterocycles. The van der Waals surface area contributed by atoms with Gasteiger partial charge in [0.1, 0.15) is 0 Å². The van der Waals surface area contributed by atoms with Gasteiger partial charge in [-0.25, -0.2) is 0 Å². The monoisotopic (exact) mass is 397 g/mol. The third-order valence-electron chi connectivity index (χ3n) is 5.03. The van der Waals surface area contributed by atoms with Gasteiger partial charge in [0.05, 0.1) is 12.0 Å². The van der Waals surface area contributed by atoms with Crippen LogP contribution in [-0.2, 0) is 9.59 Å². The van der Waals surface area contributed by atoms with Crippen molar-refractivity contribution in [3.8, 4) is 0 Å². The van der Waals surface area contributed by atoms with Gasteiger partial charge in [0, 0.05) is 12.1 Å². The predicted molar refractivity (Wildman–Crippen MR) is 109 cm³/mol. The molecule has 4 nitrogen and oxygen atoms in total. The van der Waals surface area contributed by atoms with Crippen molar-refractivity contribution in [3.05, 3.63) is 30.3 Å². The van der Waals surface area contributed by atoms with E-state index in [1.807, 2.05) is 6.07 Å². The summed E-state index contributed by atoms with van der Waals surface area (Å²) in [5.41, 5.74) is 0.613. The first-order chi connectivity index (χ1) is 13.1. The third kappa shape index (κ3) is 11.2. The molecule has 28 heavy (non-hydrogen) atoms. The quantitative estimate of drug-likeness (QED) is 0.335. The molecular formula is C23H36NNaO3. The molecule has 1 aromatic carbocycles. The standard InChI is InChI=1S/C23H37NO3.Na/c1-3-4-5-6-7-8-9-10-11-12-16-19-22(25)24(20(2)23(26)27)21-17-14-13-15-18-21;/h13-15,17-18,20H,3-12,16,19H2,1-2H3,(H,26,27);/q;+1/p-1/t20-;/m1./s1. The number of nitrogens with zero attached hydrogens (tertiary/aromatic N) is 1. The molecule has 0 heterocycles. The first kappa shape index (κ1) is 27.2. The minimum atomic E-state index is -1.23. The van der Waals surface area contributed by atoms with Gasteiger partial charge in [-0.05, 0) is 25.5 Å². The van der Waals surface area contributed by atoms with Crippen molar-refractivity contribution in [1.82, 2.24) is 0 Å². The largest absolute Gasteiger partial charge is 1.00 e. The predicted octanol–water partition coefficient (Wildman–Crippen LogP) is 1.86. The Kier molecular flexibility index (Phi) is 16.5. The molecule has 1 aromatic rings. The zero-order chi connectivity index (χ0) is 19.9. The van der Waals surface area contributed by atoms with Crippen LogP contribution in [0.4, 0.5) is 5.69 Å². The van der Waals surface area contributed by atoms with E-state index in [0.29, 0.717) is 12.1 Å². The number of anilines is 1. The molecule has 0 aliphatic heterocycles. The number of carbonyl (C=O) groups excluding carboxylic acids is 2. The zero-order valence-electron chi connectivity index (χ0n) is 18.1. The summed E-state index contributed by atoms with van der Waals surface area (Å²) < 4.78 is 0. The molecule has 0 N–H and O–H groups in total. The molecule has 5 heteroatoms. The van der Waals surface area contributed by atoms with Crippen LogP contribution < -0.4 is 39.6 Å². The van der Waals surface area contributed by atoms with Crippen LogP contribution in [-0.4, -0.2) is 17.9 Å². The summed E-state index contributed by atoms with van der Waals surface area (Å²) in [6.45, 7) is 3.74. The average molecular weight is 398 g/mol. The second-order valence-electron chi connectivity index (χ2n) is 7.38. The maximum atomic E-state index is 12.6. The van der Waals surface area contributed by atoms with E-state index in [4.69, 9.17) is 0 Å². The first-order valence-corrected chi connectivity index (χ1v) is 10.7. The molecule has 0 unspecified atom stereocenters. The summed E-state index contributed by atoms with van der Waals surface area (Å²) in [6, 6.07) is 8.02. The molecule has 0 saturated carbocycles. The van der Waals surface area contributed by atoms with Crippen molar-refractivity contribution < 1.29 is 44.3 Å². The number of carboxylic acid groups (broad SMARTS) is 1. The average Bonchev–Trinajstić information content (AvgIpc) is 2.67. The van der Waals surface area contributed by atoms with Crippen LogP contribution in [0.3, 0.4) is 0 Å². The van der Waals surface area contributed by atoms with Crippen molar-refractivity contribution in [2.24, 2.45) is 0 Å². The molecule has 0 aliphatic rings. The molecule has 0 fully saturated rings. The molecule has 1 rings (SSSR count). The van der Waals surface area contributed by atoms with E-state index < -0.39 is 12.0 Å². The maximum absolute atomic E-state index is 12.6. The van der Waals surface area contributed by atoms with Gasteiger partial charge >= 0.3 is 29.6 Å². The number of hydrogen-bond acceptors (Lipinski definition) is 3. The Balaban J connectivity index is 0.00000729. The number of aliphatic carboxylic acids is 1. The Bertz CT molecular complexity index is 536. The van der Waals surface area contributed by atoms with E-state index >= 15 is 0 Å². The Morgan fingerprint density at radius 3 is 1.79 bits per heavy atom. The van der Waals surface area contributed by atoms with Gasteiger partial charge in [0.25, 0.3) is 0 Å². The minimum Gasteiger partial charge on any atom is -0.548 e. The number of para-hydroxylation sites is 1. The summed E-state index contributed by atoms with van der Waals surface area (Å²) in [5, 5.41) is 11.3. The molecule has 0 aromatic heterocycles. The molecule has 0 radical (unpaired) electrons. The smallest absolute Gasteiger partial charge is 0.548 e. The van der Waals surface area contributed by atoms with E-state index in [1.54, 1.807) is 24.3 Å². The summed E-state index contributed by atoms with van der Waals surface area (Å²) in [7, 11) is 0. The van der Waals surface area contributed by atoms with Crippen LogP contribution in [0.1, 0.15) is 90.9 Å². The van der Waals surface area contributed by atoms with Crippen LogP contribution in [0.25, 0.3) is 0 Å². The molecule has 1 amide bonds. The van der Waals surface area contributed by atoms with Crippen LogP contribution in [0.2, 0.25) is 0 Å². The minimum absolute atomic E-state index is 0. The van der Waals surface area contributed by atoms with E-state index in [1.165, 1.54) is 63.2 Å². The molecule has 152 valence electrons. The van der Waals surface area contributed by atoms with Gasteiger partial charge in [0.2, 0.25) is 5.91 Å². The molecule has 0 aliphatic carbocycles. The van der Waals surface area contributed by atoms with E-state index in [-0.39, 0.29) is 35.5 Å². The Labute approximate surface area is 193 Å². The van der Waals surface area contributed by atoms with Crippen LogP contribution in [0.5, 0.6) is 0 Å². The van der Waals surface area contributed by atoms with Crippen molar-refractivity contribution in [1.29, 1.82) is 0 Å². The van der Waals surface area contributed by atoms with Crippen molar-refractivity contribution in [2.45, 2.75) is 96.9 Å². The molecule has 1 atom stereocenters. The number of hydrogen-bond donors (Lipinski definition) is 0. The van der Waals surface area contributed by atoms with E-state index in [9.17, 15) is 14.7 Å². The fraction of sp³-hybridized carbons (Fsp3) is 0.652. The second-order valence-corrected chi connectivity index (χ2v) is 7.38. The Morgan fingerprint density at radius 2 is 1.32 bits per heavy atom. The van der Waals surface area contributed by atoms with Gasteiger partial charge in [-0.15, -0.1) is 0 Å². The molecule has 0 bridgehead atoms. The number of carboxylic acids is 1. The maximum Gasteiger partial charge on any atom is 1.00 e. The van der Waals surface area contributed by atoms with Gasteiger partial charge < -0.3 is 14.8 Å². The van der Waals surface area contributed by atoms with Crippen LogP contribution in [0, 0.1) is 0 Å². The number of unbranched alkanes of at least 4 members (excludes halogenated alkanes) is 10. The first-order valence-electron chi connectivity index (χ1n) is 10.7. The normalized spacial score (nSPS) is 11.5. The van der Waals surface area contributed by atoms with E-state index in [2.05, 4.69) is 6.92 Å². The van der Waals surface area contributed by atoms with Crippen molar-refractivity contribution >= 4 is 17.6 Å². The van der Waals surface area contributed by atoms with E-state index in [0.717, 1.165) is 19.3 Å². The fourth-order valence-electron chi connectivity index (χ4n) is 3.34. The van der Waals surface area contributed by atoms with Crippen LogP contribution in [0.15, 0.2) is 30.3 Å².